The third-order valence-electron chi connectivity index (χ3n) is 4.04. The van der Waals surface area contributed by atoms with Crippen molar-refractivity contribution >= 4 is 27.5 Å². The number of halogens is 2. The van der Waals surface area contributed by atoms with Crippen LogP contribution >= 0.6 is 27.5 Å². The third-order valence-corrected chi connectivity index (χ3v) is 5.23. The van der Waals surface area contributed by atoms with E-state index in [1.165, 1.54) is 0 Å². The summed E-state index contributed by atoms with van der Waals surface area (Å²) in [6.07, 6.45) is 1.03. The molecule has 0 N–H and O–H groups in total. The van der Waals surface area contributed by atoms with Crippen molar-refractivity contribution in [1.82, 2.24) is 0 Å². The standard InChI is InChI=1S/C16H22BrClO2/c1-10(16(2,3)4)7-12(17)11-8-14-15(9-13(11)18)20-6-5-19-14/h8-10,12H,5-7H2,1-4H3. The summed E-state index contributed by atoms with van der Waals surface area (Å²) >= 11 is 10.2. The molecule has 1 aliphatic heterocycles. The Morgan fingerprint density at radius 2 is 1.75 bits per heavy atom. The molecule has 0 spiro atoms. The summed E-state index contributed by atoms with van der Waals surface area (Å²) in [5.74, 6) is 2.12. The van der Waals surface area contributed by atoms with E-state index in [2.05, 4.69) is 43.6 Å². The zero-order valence-electron chi connectivity index (χ0n) is 12.5. The predicted octanol–water partition coefficient (Wildman–Crippen LogP) is 5.62. The van der Waals surface area contributed by atoms with Crippen molar-refractivity contribution in [3.8, 4) is 11.5 Å². The fraction of sp³-hybridized carbons (Fsp3) is 0.625. The molecule has 1 aromatic carbocycles. The Morgan fingerprint density at radius 1 is 1.20 bits per heavy atom. The summed E-state index contributed by atoms with van der Waals surface area (Å²) in [4.78, 5) is 0.222. The van der Waals surface area contributed by atoms with E-state index in [0.29, 0.717) is 19.1 Å². The van der Waals surface area contributed by atoms with E-state index < -0.39 is 0 Å². The van der Waals surface area contributed by atoms with Gasteiger partial charge in [0.2, 0.25) is 0 Å². The molecule has 20 heavy (non-hydrogen) atoms. The number of hydrogen-bond acceptors (Lipinski definition) is 2. The number of ether oxygens (including phenoxy) is 2. The third kappa shape index (κ3) is 3.62. The maximum Gasteiger partial charge on any atom is 0.162 e. The molecule has 0 amide bonds. The number of hydrogen-bond donors (Lipinski definition) is 0. The second-order valence-electron chi connectivity index (χ2n) is 6.49. The van der Waals surface area contributed by atoms with E-state index in [1.807, 2.05) is 12.1 Å². The van der Waals surface area contributed by atoms with Gasteiger partial charge in [0.25, 0.3) is 0 Å². The van der Waals surface area contributed by atoms with Gasteiger partial charge in [0.15, 0.2) is 11.5 Å². The number of rotatable bonds is 3. The van der Waals surface area contributed by atoms with Gasteiger partial charge in [-0.3, -0.25) is 0 Å². The Kier molecular flexibility index (Phi) is 4.91. The smallest absolute Gasteiger partial charge is 0.162 e. The molecule has 4 heteroatoms. The zero-order valence-corrected chi connectivity index (χ0v) is 14.8. The first-order valence-electron chi connectivity index (χ1n) is 7.02. The molecule has 0 saturated heterocycles. The Balaban J connectivity index is 2.19. The van der Waals surface area contributed by atoms with Gasteiger partial charge >= 0.3 is 0 Å². The molecule has 0 bridgehead atoms. The first kappa shape index (κ1) is 16.0. The summed E-state index contributed by atoms with van der Waals surface area (Å²) in [7, 11) is 0. The SMILES string of the molecule is CC(CC(Br)c1cc2c(cc1Cl)OCCO2)C(C)(C)C. The highest BCUT2D eigenvalue weighted by Crippen LogP contribution is 2.44. The minimum Gasteiger partial charge on any atom is -0.486 e. The van der Waals surface area contributed by atoms with Crippen molar-refractivity contribution in [3.05, 3.63) is 22.7 Å². The van der Waals surface area contributed by atoms with Crippen LogP contribution in [0.5, 0.6) is 11.5 Å². The number of benzene rings is 1. The Labute approximate surface area is 134 Å². The Bertz CT molecular complexity index is 482. The molecule has 1 heterocycles. The molecule has 1 aliphatic rings. The van der Waals surface area contributed by atoms with Crippen LogP contribution in [-0.2, 0) is 0 Å². The largest absolute Gasteiger partial charge is 0.486 e. The summed E-state index contributed by atoms with van der Waals surface area (Å²) < 4.78 is 11.2. The molecule has 2 atom stereocenters. The van der Waals surface area contributed by atoms with Crippen LogP contribution in [0.25, 0.3) is 0 Å². The quantitative estimate of drug-likeness (QED) is 0.650. The fourth-order valence-corrected chi connectivity index (χ4v) is 3.47. The second-order valence-corrected chi connectivity index (χ2v) is 8.00. The van der Waals surface area contributed by atoms with Crippen LogP contribution in [-0.4, -0.2) is 13.2 Å². The van der Waals surface area contributed by atoms with Crippen molar-refractivity contribution in [1.29, 1.82) is 0 Å². The lowest BCUT2D eigenvalue weighted by Gasteiger charge is -2.29. The average Bonchev–Trinajstić information content (AvgIpc) is 2.36. The van der Waals surface area contributed by atoms with Gasteiger partial charge in [0.1, 0.15) is 13.2 Å². The molecule has 0 fully saturated rings. The molecule has 0 saturated carbocycles. The molecule has 0 aromatic heterocycles. The lowest BCUT2D eigenvalue weighted by molar-refractivity contribution is 0.171. The van der Waals surface area contributed by atoms with Gasteiger partial charge in [-0.2, -0.15) is 0 Å². The Hall–Kier alpha value is -0.410. The molecule has 0 aliphatic carbocycles. The van der Waals surface area contributed by atoms with Crippen LogP contribution in [0.4, 0.5) is 0 Å². The fourth-order valence-electron chi connectivity index (χ4n) is 2.11. The maximum absolute atomic E-state index is 6.39. The minimum absolute atomic E-state index is 0.222. The average molecular weight is 362 g/mol. The highest BCUT2D eigenvalue weighted by atomic mass is 79.9. The van der Waals surface area contributed by atoms with Gasteiger partial charge in [0, 0.05) is 15.9 Å². The van der Waals surface area contributed by atoms with Crippen molar-refractivity contribution in [2.75, 3.05) is 13.2 Å². The van der Waals surface area contributed by atoms with E-state index in [4.69, 9.17) is 21.1 Å². The van der Waals surface area contributed by atoms with Crippen LogP contribution in [0.3, 0.4) is 0 Å². The van der Waals surface area contributed by atoms with Crippen LogP contribution < -0.4 is 9.47 Å². The monoisotopic (exact) mass is 360 g/mol. The van der Waals surface area contributed by atoms with Crippen molar-refractivity contribution in [3.63, 3.8) is 0 Å². The molecule has 2 unspecified atom stereocenters. The minimum atomic E-state index is 0.222. The van der Waals surface area contributed by atoms with Gasteiger partial charge in [0.05, 0.1) is 0 Å². The van der Waals surface area contributed by atoms with Gasteiger partial charge in [-0.05, 0) is 29.4 Å². The molecule has 2 rings (SSSR count). The van der Waals surface area contributed by atoms with Gasteiger partial charge in [-0.15, -0.1) is 0 Å². The molecule has 2 nitrogen and oxygen atoms in total. The van der Waals surface area contributed by atoms with E-state index >= 15 is 0 Å². The molecular weight excluding hydrogens is 340 g/mol. The first-order chi connectivity index (χ1) is 9.29. The van der Waals surface area contributed by atoms with Crippen molar-refractivity contribution in [2.24, 2.45) is 11.3 Å². The second kappa shape index (κ2) is 6.15. The van der Waals surface area contributed by atoms with E-state index in [0.717, 1.165) is 28.5 Å². The molecular formula is C16H22BrClO2. The van der Waals surface area contributed by atoms with Gasteiger partial charge in [-0.1, -0.05) is 55.2 Å². The number of alkyl halides is 1. The molecule has 0 radical (unpaired) electrons. The van der Waals surface area contributed by atoms with Crippen molar-refractivity contribution < 1.29 is 9.47 Å². The van der Waals surface area contributed by atoms with Crippen LogP contribution in [0, 0.1) is 11.3 Å². The summed E-state index contributed by atoms with van der Waals surface area (Å²) in [6, 6.07) is 3.87. The maximum atomic E-state index is 6.39. The predicted molar refractivity (Wildman–Crippen MR) is 87.3 cm³/mol. The van der Waals surface area contributed by atoms with Gasteiger partial charge < -0.3 is 9.47 Å². The van der Waals surface area contributed by atoms with E-state index in [1.54, 1.807) is 0 Å². The Morgan fingerprint density at radius 3 is 2.30 bits per heavy atom. The summed E-state index contributed by atoms with van der Waals surface area (Å²) in [5, 5.41) is 0.734. The normalized spacial score (nSPS) is 17.7. The topological polar surface area (TPSA) is 18.5 Å². The van der Waals surface area contributed by atoms with Crippen LogP contribution in [0.15, 0.2) is 12.1 Å². The lowest BCUT2D eigenvalue weighted by Crippen LogP contribution is -2.19. The van der Waals surface area contributed by atoms with E-state index in [9.17, 15) is 0 Å². The lowest BCUT2D eigenvalue weighted by atomic mass is 9.79. The number of fused-ring (bicyclic) bond motifs is 1. The van der Waals surface area contributed by atoms with Crippen LogP contribution in [0.2, 0.25) is 5.02 Å². The van der Waals surface area contributed by atoms with Crippen LogP contribution in [0.1, 0.15) is 44.5 Å². The van der Waals surface area contributed by atoms with E-state index in [-0.39, 0.29) is 10.2 Å². The highest BCUT2D eigenvalue weighted by molar-refractivity contribution is 9.09. The molecule has 112 valence electrons. The highest BCUT2D eigenvalue weighted by Gasteiger charge is 2.25. The zero-order chi connectivity index (χ0) is 14.9. The molecule has 1 aromatic rings. The van der Waals surface area contributed by atoms with Gasteiger partial charge in [-0.25, -0.2) is 0 Å². The van der Waals surface area contributed by atoms with Crippen molar-refractivity contribution in [2.45, 2.75) is 38.9 Å². The first-order valence-corrected chi connectivity index (χ1v) is 8.31. The summed E-state index contributed by atoms with van der Waals surface area (Å²) in [6.45, 7) is 10.3. The summed E-state index contributed by atoms with van der Waals surface area (Å²) in [5.41, 5.74) is 1.36.